The van der Waals surface area contributed by atoms with Gasteiger partial charge in [0, 0.05) is 52.6 Å². The monoisotopic (exact) mass is 552 g/mol. The summed E-state index contributed by atoms with van der Waals surface area (Å²) in [5, 5.41) is 4.17. The normalized spacial score (nSPS) is 17.2. The summed E-state index contributed by atoms with van der Waals surface area (Å²) in [6, 6.07) is 23.4. The van der Waals surface area contributed by atoms with Gasteiger partial charge in [-0.25, -0.2) is 4.39 Å². The molecule has 40 heavy (non-hydrogen) atoms. The van der Waals surface area contributed by atoms with Crippen molar-refractivity contribution in [2.24, 2.45) is 16.6 Å². The van der Waals surface area contributed by atoms with Crippen molar-refractivity contribution in [3.05, 3.63) is 123 Å². The average Bonchev–Trinajstić information content (AvgIpc) is 3.77. The number of hydrogen-bond donors (Lipinski definition) is 2. The fourth-order valence-corrected chi connectivity index (χ4v) is 5.63. The molecule has 4 aromatic rings. The molecule has 1 fully saturated rings. The average molecular weight is 553 g/mol. The van der Waals surface area contributed by atoms with Crippen LogP contribution in [0.5, 0.6) is 0 Å². The Balaban J connectivity index is 1.29. The molecule has 1 atom stereocenters. The number of halogens is 2. The second-order valence-electron chi connectivity index (χ2n) is 11.7. The number of rotatable bonds is 7. The standard InChI is InChI=1S/C34H34ClFN4/c1-34(2,37)20-40-32(23-11-12-23)22-9-7-21(8-10-22)15-26-17-29-24(18-38-26)19-39-33(28-5-3-4-6-31(28)36)30-16-25(35)13-14-27(29)30/h3-10,13-14,16-18,23,33,39H,11-12,15,19-20,37H2,1-2H3. The van der Waals surface area contributed by atoms with E-state index in [1.54, 1.807) is 6.07 Å². The molecule has 1 unspecified atom stereocenters. The highest BCUT2D eigenvalue weighted by Crippen LogP contribution is 2.39. The summed E-state index contributed by atoms with van der Waals surface area (Å²) in [6.45, 7) is 5.23. The van der Waals surface area contributed by atoms with Gasteiger partial charge >= 0.3 is 0 Å². The van der Waals surface area contributed by atoms with Crippen molar-refractivity contribution in [3.8, 4) is 11.1 Å². The van der Waals surface area contributed by atoms with Crippen LogP contribution in [0.15, 0.2) is 84.0 Å². The van der Waals surface area contributed by atoms with Gasteiger partial charge in [-0.15, -0.1) is 0 Å². The van der Waals surface area contributed by atoms with Gasteiger partial charge in [-0.2, -0.15) is 0 Å². The van der Waals surface area contributed by atoms with E-state index in [-0.39, 0.29) is 17.4 Å². The summed E-state index contributed by atoms with van der Waals surface area (Å²) in [5.41, 5.74) is 15.2. The maximum Gasteiger partial charge on any atom is 0.128 e. The fraction of sp³-hybridized carbons (Fsp3) is 0.294. The van der Waals surface area contributed by atoms with Crippen LogP contribution in [0, 0.1) is 11.7 Å². The molecule has 3 aromatic carbocycles. The molecule has 204 valence electrons. The molecular formula is C34H34ClFN4. The highest BCUT2D eigenvalue weighted by atomic mass is 35.5. The van der Waals surface area contributed by atoms with Gasteiger partial charge in [0.15, 0.2) is 0 Å². The summed E-state index contributed by atoms with van der Waals surface area (Å²) < 4.78 is 14.9. The van der Waals surface area contributed by atoms with E-state index >= 15 is 0 Å². The molecule has 6 rings (SSSR count). The first kappa shape index (κ1) is 26.8. The van der Waals surface area contributed by atoms with E-state index in [4.69, 9.17) is 27.3 Å². The molecule has 1 aliphatic carbocycles. The lowest BCUT2D eigenvalue weighted by atomic mass is 9.91. The number of benzene rings is 3. The van der Waals surface area contributed by atoms with Crippen molar-refractivity contribution < 1.29 is 4.39 Å². The Morgan fingerprint density at radius 3 is 2.52 bits per heavy atom. The number of fused-ring (bicyclic) bond motifs is 3. The van der Waals surface area contributed by atoms with Crippen molar-refractivity contribution in [1.82, 2.24) is 10.3 Å². The van der Waals surface area contributed by atoms with Gasteiger partial charge in [-0.1, -0.05) is 60.1 Å². The molecule has 3 N–H and O–H groups in total. The van der Waals surface area contributed by atoms with Crippen LogP contribution in [-0.2, 0) is 13.0 Å². The number of pyridine rings is 1. The minimum absolute atomic E-state index is 0.235. The van der Waals surface area contributed by atoms with Crippen molar-refractivity contribution >= 4 is 17.3 Å². The van der Waals surface area contributed by atoms with E-state index in [0.29, 0.717) is 36.0 Å². The third-order valence-corrected chi connectivity index (χ3v) is 7.86. The molecule has 0 radical (unpaired) electrons. The van der Waals surface area contributed by atoms with Gasteiger partial charge in [0.05, 0.1) is 12.6 Å². The zero-order valence-corrected chi connectivity index (χ0v) is 23.7. The highest BCUT2D eigenvalue weighted by molar-refractivity contribution is 6.30. The van der Waals surface area contributed by atoms with Crippen LogP contribution in [0.25, 0.3) is 11.1 Å². The largest absolute Gasteiger partial charge is 0.324 e. The molecule has 2 aliphatic rings. The van der Waals surface area contributed by atoms with E-state index in [9.17, 15) is 4.39 Å². The molecule has 1 aliphatic heterocycles. The molecule has 0 bridgehead atoms. The number of nitrogens with two attached hydrogens (primary N) is 1. The smallest absolute Gasteiger partial charge is 0.128 e. The van der Waals surface area contributed by atoms with Gasteiger partial charge in [0.1, 0.15) is 5.82 Å². The molecule has 0 saturated heterocycles. The van der Waals surface area contributed by atoms with Crippen LogP contribution in [0.4, 0.5) is 4.39 Å². The van der Waals surface area contributed by atoms with Gasteiger partial charge in [-0.05, 0) is 84.3 Å². The van der Waals surface area contributed by atoms with E-state index in [1.165, 1.54) is 35.7 Å². The molecule has 4 nitrogen and oxygen atoms in total. The van der Waals surface area contributed by atoms with Crippen LogP contribution >= 0.6 is 11.6 Å². The summed E-state index contributed by atoms with van der Waals surface area (Å²) >= 11 is 6.44. The lowest BCUT2D eigenvalue weighted by Crippen LogP contribution is -2.35. The van der Waals surface area contributed by atoms with Crippen LogP contribution in [0.3, 0.4) is 0 Å². The first-order chi connectivity index (χ1) is 19.2. The van der Waals surface area contributed by atoms with Crippen molar-refractivity contribution in [2.45, 2.75) is 51.2 Å². The number of aliphatic imine (C=N–C) groups is 1. The lowest BCUT2D eigenvalue weighted by Gasteiger charge is -2.20. The SMILES string of the molecule is CC(C)(N)CN=C(c1ccc(Cc2cc3c(cn2)CNC(c2ccccc2F)c2cc(Cl)ccc2-3)cc1)C1CC1. The van der Waals surface area contributed by atoms with Gasteiger partial charge in [0.2, 0.25) is 0 Å². The Labute approximate surface area is 240 Å². The number of hydrogen-bond acceptors (Lipinski definition) is 4. The van der Waals surface area contributed by atoms with Gasteiger partial charge in [-0.3, -0.25) is 9.98 Å². The maximum atomic E-state index is 14.9. The van der Waals surface area contributed by atoms with Gasteiger partial charge < -0.3 is 11.1 Å². The quantitative estimate of drug-likeness (QED) is 0.237. The van der Waals surface area contributed by atoms with Crippen LogP contribution < -0.4 is 11.1 Å². The third kappa shape index (κ3) is 5.87. The molecule has 0 spiro atoms. The minimum atomic E-state index is -0.314. The fourth-order valence-electron chi connectivity index (χ4n) is 5.45. The number of nitrogens with zero attached hydrogens (tertiary/aromatic N) is 2. The zero-order valence-electron chi connectivity index (χ0n) is 22.9. The molecule has 1 aromatic heterocycles. The molecular weight excluding hydrogens is 519 g/mol. The number of aromatic nitrogens is 1. The first-order valence-corrected chi connectivity index (χ1v) is 14.3. The summed E-state index contributed by atoms with van der Waals surface area (Å²) in [5.74, 6) is 0.315. The van der Waals surface area contributed by atoms with Crippen molar-refractivity contribution in [2.75, 3.05) is 6.54 Å². The van der Waals surface area contributed by atoms with E-state index < -0.39 is 0 Å². The predicted molar refractivity (Wildman–Crippen MR) is 161 cm³/mol. The minimum Gasteiger partial charge on any atom is -0.324 e. The zero-order chi connectivity index (χ0) is 27.9. The Morgan fingerprint density at radius 1 is 1.02 bits per heavy atom. The lowest BCUT2D eigenvalue weighted by molar-refractivity contribution is 0.533. The Morgan fingerprint density at radius 2 is 1.80 bits per heavy atom. The van der Waals surface area contributed by atoms with Crippen LogP contribution in [0.2, 0.25) is 5.02 Å². The predicted octanol–water partition coefficient (Wildman–Crippen LogP) is 7.26. The second kappa shape index (κ2) is 10.9. The second-order valence-corrected chi connectivity index (χ2v) is 12.2. The Kier molecular flexibility index (Phi) is 7.30. The van der Waals surface area contributed by atoms with Crippen molar-refractivity contribution in [1.29, 1.82) is 0 Å². The Bertz CT molecular complexity index is 1570. The summed E-state index contributed by atoms with van der Waals surface area (Å²) in [7, 11) is 0. The molecule has 0 amide bonds. The summed E-state index contributed by atoms with van der Waals surface area (Å²) in [6.07, 6.45) is 5.06. The Hall–Kier alpha value is -3.38. The van der Waals surface area contributed by atoms with E-state index in [2.05, 4.69) is 35.6 Å². The topological polar surface area (TPSA) is 63.3 Å². The molecule has 1 saturated carbocycles. The van der Waals surface area contributed by atoms with Crippen molar-refractivity contribution in [3.63, 3.8) is 0 Å². The van der Waals surface area contributed by atoms with Crippen LogP contribution in [-0.4, -0.2) is 22.8 Å². The van der Waals surface area contributed by atoms with Gasteiger partial charge in [0.25, 0.3) is 0 Å². The van der Waals surface area contributed by atoms with E-state index in [1.807, 2.05) is 50.4 Å². The van der Waals surface area contributed by atoms with E-state index in [0.717, 1.165) is 27.9 Å². The maximum absolute atomic E-state index is 14.9. The first-order valence-electron chi connectivity index (χ1n) is 13.9. The third-order valence-electron chi connectivity index (χ3n) is 7.63. The molecule has 6 heteroatoms. The van der Waals surface area contributed by atoms with Crippen LogP contribution in [0.1, 0.15) is 66.2 Å². The number of nitrogens with one attached hydrogen (secondary N) is 1. The highest BCUT2D eigenvalue weighted by Gasteiger charge is 2.29. The molecule has 2 heterocycles. The summed E-state index contributed by atoms with van der Waals surface area (Å²) in [4.78, 5) is 9.71.